The van der Waals surface area contributed by atoms with E-state index in [1.54, 1.807) is 0 Å². The predicted molar refractivity (Wildman–Crippen MR) is 61.3 cm³/mol. The summed E-state index contributed by atoms with van der Waals surface area (Å²) >= 11 is 0. The Hall–Kier alpha value is -0.0400. The molecule has 0 radical (unpaired) electrons. The predicted octanol–water partition coefficient (Wildman–Crippen LogP) is 3.90. The van der Waals surface area contributed by atoms with Crippen LogP contribution in [-0.4, -0.2) is 10.7 Å². The van der Waals surface area contributed by atoms with Gasteiger partial charge in [-0.1, -0.05) is 46.5 Å². The molecule has 0 aliphatic heterocycles. The van der Waals surface area contributed by atoms with Crippen molar-refractivity contribution >= 4 is 0 Å². The summed E-state index contributed by atoms with van der Waals surface area (Å²) in [6.07, 6.45) is 9.28. The van der Waals surface area contributed by atoms with Gasteiger partial charge in [-0.3, -0.25) is 0 Å². The van der Waals surface area contributed by atoms with E-state index in [0.29, 0.717) is 5.41 Å². The zero-order chi connectivity index (χ0) is 10.7. The number of hydrogen-bond acceptors (Lipinski definition) is 1. The lowest BCUT2D eigenvalue weighted by atomic mass is 9.81. The van der Waals surface area contributed by atoms with Crippen molar-refractivity contribution in [1.29, 1.82) is 0 Å². The van der Waals surface area contributed by atoms with Gasteiger partial charge in [-0.2, -0.15) is 0 Å². The first-order chi connectivity index (χ1) is 6.41. The van der Waals surface area contributed by atoms with Crippen LogP contribution in [0.2, 0.25) is 0 Å². The minimum absolute atomic E-state index is 0.330. The third-order valence-electron chi connectivity index (χ3n) is 3.37. The third kappa shape index (κ3) is 4.45. The second-order valence-corrected chi connectivity index (χ2v) is 6.20. The Kier molecular flexibility index (Phi) is 4.00. The molecule has 0 heterocycles. The van der Waals surface area contributed by atoms with Crippen molar-refractivity contribution in [3.8, 4) is 0 Å². The molecule has 84 valence electrons. The minimum Gasteiger partial charge on any atom is -0.390 e. The molecule has 0 amide bonds. The van der Waals surface area contributed by atoms with Gasteiger partial charge in [0.15, 0.2) is 0 Å². The van der Waals surface area contributed by atoms with E-state index in [-0.39, 0.29) is 5.60 Å². The SMILES string of the molecule is CC(C)(C)CCC1(O)CCCCCC1. The molecule has 1 heteroatoms. The van der Waals surface area contributed by atoms with Crippen molar-refractivity contribution in [2.24, 2.45) is 5.41 Å². The second-order valence-electron chi connectivity index (χ2n) is 6.20. The molecule has 0 spiro atoms. The minimum atomic E-state index is -0.330. The Balaban J connectivity index is 2.39. The van der Waals surface area contributed by atoms with Gasteiger partial charge < -0.3 is 5.11 Å². The molecule has 1 N–H and O–H groups in total. The highest BCUT2D eigenvalue weighted by Crippen LogP contribution is 2.34. The molecule has 0 aromatic rings. The van der Waals surface area contributed by atoms with Crippen molar-refractivity contribution in [1.82, 2.24) is 0 Å². The Bertz CT molecular complexity index is 159. The van der Waals surface area contributed by atoms with Gasteiger partial charge >= 0.3 is 0 Å². The maximum atomic E-state index is 10.4. The maximum absolute atomic E-state index is 10.4. The van der Waals surface area contributed by atoms with E-state index in [1.165, 1.54) is 25.7 Å². The molecule has 0 saturated heterocycles. The molecule has 0 bridgehead atoms. The Labute approximate surface area is 88.9 Å². The lowest BCUT2D eigenvalue weighted by molar-refractivity contribution is 0.00670. The second kappa shape index (κ2) is 4.65. The quantitative estimate of drug-likeness (QED) is 0.667. The number of aliphatic hydroxyl groups is 1. The lowest BCUT2D eigenvalue weighted by Crippen LogP contribution is -2.29. The first-order valence-corrected chi connectivity index (χ1v) is 6.14. The van der Waals surface area contributed by atoms with Crippen LogP contribution in [0.3, 0.4) is 0 Å². The topological polar surface area (TPSA) is 20.2 Å². The summed E-state index contributed by atoms with van der Waals surface area (Å²) in [5, 5.41) is 10.4. The molecule has 1 aliphatic carbocycles. The first kappa shape index (κ1) is 12.0. The number of hydrogen-bond donors (Lipinski definition) is 1. The van der Waals surface area contributed by atoms with Gasteiger partial charge in [0.1, 0.15) is 0 Å². The first-order valence-electron chi connectivity index (χ1n) is 6.14. The van der Waals surface area contributed by atoms with E-state index < -0.39 is 0 Å². The van der Waals surface area contributed by atoms with E-state index in [1.807, 2.05) is 0 Å². The molecule has 0 unspecified atom stereocenters. The molecule has 1 saturated carbocycles. The van der Waals surface area contributed by atoms with Crippen molar-refractivity contribution < 1.29 is 5.11 Å². The molecule has 1 aliphatic rings. The molecule has 1 fully saturated rings. The fraction of sp³-hybridized carbons (Fsp3) is 1.00. The summed E-state index contributed by atoms with van der Waals surface area (Å²) in [5.74, 6) is 0. The highest BCUT2D eigenvalue weighted by Gasteiger charge is 2.29. The van der Waals surface area contributed by atoms with Crippen molar-refractivity contribution in [2.45, 2.75) is 77.7 Å². The smallest absolute Gasteiger partial charge is 0.0648 e. The zero-order valence-corrected chi connectivity index (χ0v) is 10.1. The van der Waals surface area contributed by atoms with Gasteiger partial charge in [0.2, 0.25) is 0 Å². The Morgan fingerprint density at radius 1 is 1.00 bits per heavy atom. The standard InChI is InChI=1S/C13H26O/c1-12(2,3)10-11-13(14)8-6-4-5-7-9-13/h14H,4-11H2,1-3H3. The van der Waals surface area contributed by atoms with Crippen LogP contribution in [0.4, 0.5) is 0 Å². The Morgan fingerprint density at radius 2 is 1.50 bits per heavy atom. The molecule has 1 nitrogen and oxygen atoms in total. The van der Waals surface area contributed by atoms with E-state index in [4.69, 9.17) is 0 Å². The van der Waals surface area contributed by atoms with Crippen molar-refractivity contribution in [3.05, 3.63) is 0 Å². The van der Waals surface area contributed by atoms with E-state index in [2.05, 4.69) is 20.8 Å². The van der Waals surface area contributed by atoms with Crippen LogP contribution in [0.25, 0.3) is 0 Å². The van der Waals surface area contributed by atoms with Crippen LogP contribution < -0.4 is 0 Å². The summed E-state index contributed by atoms with van der Waals surface area (Å²) in [7, 11) is 0. The van der Waals surface area contributed by atoms with Gasteiger partial charge in [0.05, 0.1) is 5.60 Å². The van der Waals surface area contributed by atoms with Crippen LogP contribution >= 0.6 is 0 Å². The molecule has 0 aromatic carbocycles. The highest BCUT2D eigenvalue weighted by atomic mass is 16.3. The van der Waals surface area contributed by atoms with Crippen LogP contribution in [0.5, 0.6) is 0 Å². The third-order valence-corrected chi connectivity index (χ3v) is 3.37. The van der Waals surface area contributed by atoms with Crippen LogP contribution in [-0.2, 0) is 0 Å². The van der Waals surface area contributed by atoms with Gasteiger partial charge in [-0.25, -0.2) is 0 Å². The van der Waals surface area contributed by atoms with Crippen molar-refractivity contribution in [2.75, 3.05) is 0 Å². The monoisotopic (exact) mass is 198 g/mol. The molecule has 1 rings (SSSR count). The fourth-order valence-electron chi connectivity index (χ4n) is 2.24. The average molecular weight is 198 g/mol. The highest BCUT2D eigenvalue weighted by molar-refractivity contribution is 4.82. The van der Waals surface area contributed by atoms with Crippen LogP contribution in [0.1, 0.15) is 72.1 Å². The van der Waals surface area contributed by atoms with Crippen LogP contribution in [0.15, 0.2) is 0 Å². The largest absolute Gasteiger partial charge is 0.390 e. The maximum Gasteiger partial charge on any atom is 0.0648 e. The van der Waals surface area contributed by atoms with E-state index in [9.17, 15) is 5.11 Å². The average Bonchev–Trinajstić information content (AvgIpc) is 2.27. The van der Waals surface area contributed by atoms with Gasteiger partial charge in [0, 0.05) is 0 Å². The lowest BCUT2D eigenvalue weighted by Gasteiger charge is -2.30. The van der Waals surface area contributed by atoms with Crippen LogP contribution in [0, 0.1) is 5.41 Å². The molecular weight excluding hydrogens is 172 g/mol. The van der Waals surface area contributed by atoms with Gasteiger partial charge in [-0.05, 0) is 31.1 Å². The fourth-order valence-corrected chi connectivity index (χ4v) is 2.24. The van der Waals surface area contributed by atoms with Gasteiger partial charge in [0.25, 0.3) is 0 Å². The summed E-state index contributed by atoms with van der Waals surface area (Å²) in [6.45, 7) is 6.77. The molecule has 0 atom stereocenters. The molecule has 0 aromatic heterocycles. The zero-order valence-electron chi connectivity index (χ0n) is 10.1. The Morgan fingerprint density at radius 3 is 1.93 bits per heavy atom. The van der Waals surface area contributed by atoms with E-state index in [0.717, 1.165) is 25.7 Å². The van der Waals surface area contributed by atoms with E-state index >= 15 is 0 Å². The summed E-state index contributed by atoms with van der Waals surface area (Å²) in [4.78, 5) is 0. The molecular formula is C13H26O. The molecule has 14 heavy (non-hydrogen) atoms. The summed E-state index contributed by atoms with van der Waals surface area (Å²) < 4.78 is 0. The summed E-state index contributed by atoms with van der Waals surface area (Å²) in [5.41, 5.74) is 0.0335. The number of rotatable bonds is 2. The van der Waals surface area contributed by atoms with Crippen molar-refractivity contribution in [3.63, 3.8) is 0 Å². The summed E-state index contributed by atoms with van der Waals surface area (Å²) in [6, 6.07) is 0. The normalized spacial score (nSPS) is 23.1. The van der Waals surface area contributed by atoms with Gasteiger partial charge in [-0.15, -0.1) is 0 Å².